The van der Waals surface area contributed by atoms with Crippen LogP contribution < -0.4 is 4.74 Å². The van der Waals surface area contributed by atoms with E-state index in [-0.39, 0.29) is 5.97 Å². The van der Waals surface area contributed by atoms with Gasteiger partial charge in [0, 0.05) is 18.4 Å². The van der Waals surface area contributed by atoms with Crippen molar-refractivity contribution in [3.8, 4) is 17.2 Å². The molecule has 0 amide bonds. The molecule has 0 saturated carbocycles. The second-order valence-corrected chi connectivity index (χ2v) is 6.21. The van der Waals surface area contributed by atoms with Crippen LogP contribution in [0.1, 0.15) is 23.4 Å². The Morgan fingerprint density at radius 3 is 2.67 bits per heavy atom. The van der Waals surface area contributed by atoms with E-state index in [0.29, 0.717) is 31.8 Å². The normalized spacial score (nSPS) is 10.6. The molecular weight excluding hydrogens is 342 g/mol. The Bertz CT molecular complexity index is 886. The summed E-state index contributed by atoms with van der Waals surface area (Å²) in [7, 11) is 1.40. The fourth-order valence-electron chi connectivity index (χ4n) is 2.77. The lowest BCUT2D eigenvalue weighted by atomic mass is 10.1. The van der Waals surface area contributed by atoms with Crippen LogP contribution in [0.2, 0.25) is 0 Å². The van der Waals surface area contributed by atoms with E-state index >= 15 is 0 Å². The van der Waals surface area contributed by atoms with E-state index in [9.17, 15) is 4.79 Å². The van der Waals surface area contributed by atoms with Crippen molar-refractivity contribution in [2.24, 2.45) is 0 Å². The van der Waals surface area contributed by atoms with Gasteiger partial charge < -0.3 is 13.9 Å². The summed E-state index contributed by atoms with van der Waals surface area (Å²) in [6.45, 7) is 2.42. The molecule has 0 aliphatic carbocycles. The second-order valence-electron chi connectivity index (χ2n) is 6.21. The molecule has 0 N–H and O–H groups in total. The van der Waals surface area contributed by atoms with Crippen LogP contribution in [-0.4, -0.2) is 24.7 Å². The number of hydrogen-bond donors (Lipinski definition) is 0. The summed E-state index contributed by atoms with van der Waals surface area (Å²) >= 11 is 0. The van der Waals surface area contributed by atoms with Gasteiger partial charge in [0.2, 0.25) is 5.89 Å². The molecule has 0 atom stereocenters. The van der Waals surface area contributed by atoms with E-state index in [0.717, 1.165) is 28.3 Å². The van der Waals surface area contributed by atoms with Gasteiger partial charge in [-0.25, -0.2) is 4.98 Å². The second kappa shape index (κ2) is 9.03. The zero-order chi connectivity index (χ0) is 19.1. The number of carbonyl (C=O) groups excluding carboxylic acids is 1. The molecule has 3 aromatic rings. The van der Waals surface area contributed by atoms with Gasteiger partial charge >= 0.3 is 5.97 Å². The first-order valence-electron chi connectivity index (χ1n) is 8.96. The Hall–Kier alpha value is -3.08. The van der Waals surface area contributed by atoms with Crippen molar-refractivity contribution < 1.29 is 18.7 Å². The third kappa shape index (κ3) is 5.20. The number of oxazole rings is 1. The standard InChI is InChI=1S/C22H23NO4/c1-16-20(23-22(27-16)18-8-4-3-5-9-18)13-14-26-19-10-6-7-17(15-19)11-12-21(24)25-2/h3-10,15H,11-14H2,1-2H3. The molecule has 0 radical (unpaired) electrons. The van der Waals surface area contributed by atoms with Crippen molar-refractivity contribution in [2.45, 2.75) is 26.2 Å². The quantitative estimate of drug-likeness (QED) is 0.555. The lowest BCUT2D eigenvalue weighted by molar-refractivity contribution is -0.140. The SMILES string of the molecule is COC(=O)CCc1cccc(OCCc2nc(-c3ccccc3)oc2C)c1. The van der Waals surface area contributed by atoms with Gasteiger partial charge in [0.15, 0.2) is 0 Å². The molecule has 0 bridgehead atoms. The average molecular weight is 365 g/mol. The molecule has 0 unspecified atom stereocenters. The first-order chi connectivity index (χ1) is 13.2. The van der Waals surface area contributed by atoms with Crippen LogP contribution in [0.15, 0.2) is 59.0 Å². The fourth-order valence-corrected chi connectivity index (χ4v) is 2.77. The summed E-state index contributed by atoms with van der Waals surface area (Å²) in [5.41, 5.74) is 2.91. The summed E-state index contributed by atoms with van der Waals surface area (Å²) in [6.07, 6.45) is 1.65. The van der Waals surface area contributed by atoms with Gasteiger partial charge in [-0.2, -0.15) is 0 Å². The van der Waals surface area contributed by atoms with E-state index in [1.54, 1.807) is 0 Å². The van der Waals surface area contributed by atoms with E-state index in [2.05, 4.69) is 9.72 Å². The molecule has 0 spiro atoms. The lowest BCUT2D eigenvalue weighted by Gasteiger charge is -2.07. The number of esters is 1. The van der Waals surface area contributed by atoms with Gasteiger partial charge in [0.05, 0.1) is 19.4 Å². The highest BCUT2D eigenvalue weighted by Crippen LogP contribution is 2.22. The zero-order valence-electron chi connectivity index (χ0n) is 15.6. The van der Waals surface area contributed by atoms with E-state index in [4.69, 9.17) is 9.15 Å². The first-order valence-corrected chi connectivity index (χ1v) is 8.96. The molecule has 5 nitrogen and oxygen atoms in total. The molecule has 1 aromatic heterocycles. The number of nitrogens with zero attached hydrogens (tertiary/aromatic N) is 1. The molecule has 5 heteroatoms. The van der Waals surface area contributed by atoms with Gasteiger partial charge in [-0.3, -0.25) is 4.79 Å². The summed E-state index contributed by atoms with van der Waals surface area (Å²) in [4.78, 5) is 15.9. The van der Waals surface area contributed by atoms with Crippen LogP contribution in [0.25, 0.3) is 11.5 Å². The number of benzene rings is 2. The molecule has 2 aromatic carbocycles. The number of aryl methyl sites for hydroxylation is 2. The van der Waals surface area contributed by atoms with Crippen LogP contribution in [0.3, 0.4) is 0 Å². The van der Waals surface area contributed by atoms with Gasteiger partial charge in [0.1, 0.15) is 11.5 Å². The topological polar surface area (TPSA) is 61.6 Å². The highest BCUT2D eigenvalue weighted by Gasteiger charge is 2.11. The largest absolute Gasteiger partial charge is 0.493 e. The lowest BCUT2D eigenvalue weighted by Crippen LogP contribution is -2.04. The summed E-state index contributed by atoms with van der Waals surface area (Å²) in [6, 6.07) is 17.6. The minimum absolute atomic E-state index is 0.211. The van der Waals surface area contributed by atoms with Crippen molar-refractivity contribution in [1.82, 2.24) is 4.98 Å². The highest BCUT2D eigenvalue weighted by atomic mass is 16.5. The van der Waals surface area contributed by atoms with Gasteiger partial charge in [-0.05, 0) is 43.2 Å². The molecule has 0 fully saturated rings. The Morgan fingerprint density at radius 2 is 1.89 bits per heavy atom. The third-order valence-electron chi connectivity index (χ3n) is 4.26. The smallest absolute Gasteiger partial charge is 0.305 e. The number of ether oxygens (including phenoxy) is 2. The molecule has 1 heterocycles. The van der Waals surface area contributed by atoms with Gasteiger partial charge in [-0.15, -0.1) is 0 Å². The predicted octanol–water partition coefficient (Wildman–Crippen LogP) is 4.38. The van der Waals surface area contributed by atoms with Crippen molar-refractivity contribution in [1.29, 1.82) is 0 Å². The molecular formula is C22H23NO4. The average Bonchev–Trinajstić information content (AvgIpc) is 3.08. The Labute approximate surface area is 159 Å². The van der Waals surface area contributed by atoms with Crippen LogP contribution in [-0.2, 0) is 22.4 Å². The minimum atomic E-state index is -0.211. The molecule has 140 valence electrons. The number of hydrogen-bond acceptors (Lipinski definition) is 5. The first kappa shape index (κ1) is 18.7. The van der Waals surface area contributed by atoms with Crippen LogP contribution in [0.5, 0.6) is 5.75 Å². The number of carbonyl (C=O) groups is 1. The maximum atomic E-state index is 11.3. The van der Waals surface area contributed by atoms with Crippen LogP contribution in [0.4, 0.5) is 0 Å². The maximum absolute atomic E-state index is 11.3. The Kier molecular flexibility index (Phi) is 6.26. The fraction of sp³-hybridized carbons (Fsp3) is 0.273. The third-order valence-corrected chi connectivity index (χ3v) is 4.26. The summed E-state index contributed by atoms with van der Waals surface area (Å²) < 4.78 is 16.3. The molecule has 0 aliphatic heterocycles. The predicted molar refractivity (Wildman–Crippen MR) is 103 cm³/mol. The van der Waals surface area contributed by atoms with Crippen molar-refractivity contribution in [2.75, 3.05) is 13.7 Å². The highest BCUT2D eigenvalue weighted by molar-refractivity contribution is 5.69. The summed E-state index contributed by atoms with van der Waals surface area (Å²) in [5.74, 6) is 2.01. The molecule has 0 saturated heterocycles. The van der Waals surface area contributed by atoms with Gasteiger partial charge in [0.25, 0.3) is 0 Å². The Morgan fingerprint density at radius 1 is 1.07 bits per heavy atom. The van der Waals surface area contributed by atoms with Crippen LogP contribution in [0, 0.1) is 6.92 Å². The molecule has 27 heavy (non-hydrogen) atoms. The molecule has 0 aliphatic rings. The van der Waals surface area contributed by atoms with Crippen molar-refractivity contribution in [3.63, 3.8) is 0 Å². The number of aromatic nitrogens is 1. The van der Waals surface area contributed by atoms with Crippen molar-refractivity contribution in [3.05, 3.63) is 71.6 Å². The molecule has 3 rings (SSSR count). The van der Waals surface area contributed by atoms with E-state index in [1.165, 1.54) is 7.11 Å². The summed E-state index contributed by atoms with van der Waals surface area (Å²) in [5, 5.41) is 0. The minimum Gasteiger partial charge on any atom is -0.493 e. The number of methoxy groups -OCH3 is 1. The van der Waals surface area contributed by atoms with Crippen LogP contribution >= 0.6 is 0 Å². The number of rotatable bonds is 8. The Balaban J connectivity index is 1.56. The maximum Gasteiger partial charge on any atom is 0.305 e. The monoisotopic (exact) mass is 365 g/mol. The van der Waals surface area contributed by atoms with E-state index in [1.807, 2.05) is 61.5 Å². The zero-order valence-corrected chi connectivity index (χ0v) is 15.6. The van der Waals surface area contributed by atoms with E-state index < -0.39 is 0 Å². The van der Waals surface area contributed by atoms with Crippen molar-refractivity contribution >= 4 is 5.97 Å². The van der Waals surface area contributed by atoms with Gasteiger partial charge in [-0.1, -0.05) is 30.3 Å².